The summed E-state index contributed by atoms with van der Waals surface area (Å²) in [4.78, 5) is 12.3. The first-order valence-corrected chi connectivity index (χ1v) is 8.07. The highest BCUT2D eigenvalue weighted by Crippen LogP contribution is 2.13. The van der Waals surface area contributed by atoms with Crippen molar-refractivity contribution >= 4 is 15.9 Å². The van der Waals surface area contributed by atoms with Gasteiger partial charge in [-0.3, -0.25) is 4.79 Å². The van der Waals surface area contributed by atoms with Gasteiger partial charge in [-0.25, -0.2) is 13.1 Å². The van der Waals surface area contributed by atoms with Gasteiger partial charge in [0.15, 0.2) is 0 Å². The van der Waals surface area contributed by atoms with Gasteiger partial charge in [0.1, 0.15) is 11.3 Å². The molecule has 118 valence electrons. The molecule has 1 aromatic carbocycles. The Morgan fingerprint density at radius 2 is 1.86 bits per heavy atom. The Kier molecular flexibility index (Phi) is 4.62. The number of hydrogen-bond donors (Lipinski definition) is 2. The van der Waals surface area contributed by atoms with E-state index in [0.717, 1.165) is 5.56 Å². The summed E-state index contributed by atoms with van der Waals surface area (Å²) in [5.41, 5.74) is 1.75. The molecule has 0 bridgehead atoms. The van der Waals surface area contributed by atoms with Crippen molar-refractivity contribution in [2.24, 2.45) is 0 Å². The Bertz CT molecular complexity index is 759. The zero-order chi connectivity index (χ0) is 16.3. The average Bonchev–Trinajstić information content (AvgIpc) is 2.84. The van der Waals surface area contributed by atoms with E-state index >= 15 is 0 Å². The van der Waals surface area contributed by atoms with Crippen molar-refractivity contribution in [3.05, 3.63) is 46.8 Å². The number of carbonyl (C=O) groups excluding carboxylic acids is 1. The van der Waals surface area contributed by atoms with Crippen LogP contribution in [0.15, 0.2) is 33.7 Å². The van der Waals surface area contributed by atoms with Gasteiger partial charge in [0.05, 0.1) is 10.6 Å². The lowest BCUT2D eigenvalue weighted by Gasteiger charge is -2.06. The van der Waals surface area contributed by atoms with Gasteiger partial charge in [0, 0.05) is 6.54 Å². The highest BCUT2D eigenvalue weighted by molar-refractivity contribution is 7.89. The SMILES string of the molecule is CNS(=O)(=O)c1ccc(CNC(=O)c2c(C)noc2C)cc1. The van der Waals surface area contributed by atoms with Crippen molar-refractivity contribution in [3.8, 4) is 0 Å². The number of benzene rings is 1. The van der Waals surface area contributed by atoms with E-state index in [2.05, 4.69) is 15.2 Å². The quantitative estimate of drug-likeness (QED) is 0.859. The summed E-state index contributed by atoms with van der Waals surface area (Å²) in [6, 6.07) is 6.28. The maximum Gasteiger partial charge on any atom is 0.257 e. The predicted octanol–water partition coefficient (Wildman–Crippen LogP) is 1.13. The molecule has 0 saturated heterocycles. The number of carbonyl (C=O) groups is 1. The number of aryl methyl sites for hydroxylation is 2. The molecule has 1 aromatic heterocycles. The molecule has 1 amide bonds. The third-order valence-corrected chi connectivity index (χ3v) is 4.65. The second-order valence-electron chi connectivity index (χ2n) is 4.73. The summed E-state index contributed by atoms with van der Waals surface area (Å²) in [6.07, 6.45) is 0. The Labute approximate surface area is 128 Å². The van der Waals surface area contributed by atoms with Crippen LogP contribution in [0.1, 0.15) is 27.4 Å². The van der Waals surface area contributed by atoms with Crippen LogP contribution >= 0.6 is 0 Å². The smallest absolute Gasteiger partial charge is 0.257 e. The normalized spacial score (nSPS) is 11.4. The highest BCUT2D eigenvalue weighted by Gasteiger charge is 2.17. The molecule has 2 rings (SSSR count). The molecule has 0 unspecified atom stereocenters. The number of amides is 1. The molecule has 2 N–H and O–H groups in total. The summed E-state index contributed by atoms with van der Waals surface area (Å²) >= 11 is 0. The second kappa shape index (κ2) is 6.29. The van der Waals surface area contributed by atoms with E-state index in [-0.39, 0.29) is 17.3 Å². The van der Waals surface area contributed by atoms with Crippen molar-refractivity contribution in [2.45, 2.75) is 25.3 Å². The molecule has 0 spiro atoms. The van der Waals surface area contributed by atoms with Crippen LogP contribution in [0.4, 0.5) is 0 Å². The van der Waals surface area contributed by atoms with E-state index in [1.54, 1.807) is 26.0 Å². The van der Waals surface area contributed by atoms with Crippen LogP contribution < -0.4 is 10.0 Å². The van der Waals surface area contributed by atoms with Crippen molar-refractivity contribution in [1.82, 2.24) is 15.2 Å². The molecular formula is C14H17N3O4S. The van der Waals surface area contributed by atoms with Gasteiger partial charge in [-0.1, -0.05) is 17.3 Å². The third-order valence-electron chi connectivity index (χ3n) is 3.22. The zero-order valence-electron chi connectivity index (χ0n) is 12.5. The molecule has 7 nitrogen and oxygen atoms in total. The topological polar surface area (TPSA) is 101 Å². The summed E-state index contributed by atoms with van der Waals surface area (Å²) in [5, 5.41) is 6.48. The number of hydrogen-bond acceptors (Lipinski definition) is 5. The lowest BCUT2D eigenvalue weighted by molar-refractivity contribution is 0.0949. The molecule has 2 aromatic rings. The number of aromatic nitrogens is 1. The van der Waals surface area contributed by atoms with Crippen molar-refractivity contribution in [1.29, 1.82) is 0 Å². The van der Waals surface area contributed by atoms with E-state index in [0.29, 0.717) is 17.0 Å². The number of nitrogens with zero attached hydrogens (tertiary/aromatic N) is 1. The van der Waals surface area contributed by atoms with Gasteiger partial charge in [-0.15, -0.1) is 0 Å². The molecule has 0 saturated carbocycles. The molecule has 0 fully saturated rings. The molecular weight excluding hydrogens is 306 g/mol. The monoisotopic (exact) mass is 323 g/mol. The van der Waals surface area contributed by atoms with E-state index < -0.39 is 10.0 Å². The summed E-state index contributed by atoms with van der Waals surface area (Å²) in [6.45, 7) is 3.65. The van der Waals surface area contributed by atoms with Crippen molar-refractivity contribution in [3.63, 3.8) is 0 Å². The number of rotatable bonds is 5. The number of sulfonamides is 1. The summed E-state index contributed by atoms with van der Waals surface area (Å²) < 4.78 is 30.4. The fourth-order valence-electron chi connectivity index (χ4n) is 1.98. The minimum Gasteiger partial charge on any atom is -0.361 e. The first-order chi connectivity index (χ1) is 10.3. The predicted molar refractivity (Wildman–Crippen MR) is 79.8 cm³/mol. The summed E-state index contributed by atoms with van der Waals surface area (Å²) in [7, 11) is -2.10. The van der Waals surface area contributed by atoms with Crippen LogP contribution in [-0.4, -0.2) is 26.5 Å². The average molecular weight is 323 g/mol. The third kappa shape index (κ3) is 3.34. The maximum absolute atomic E-state index is 12.1. The van der Waals surface area contributed by atoms with E-state index in [4.69, 9.17) is 4.52 Å². The second-order valence-corrected chi connectivity index (χ2v) is 6.62. The molecule has 0 aliphatic heterocycles. The Hall–Kier alpha value is -2.19. The standard InChI is InChI=1S/C14H17N3O4S/c1-9-13(10(2)21-17-9)14(18)16-8-11-4-6-12(7-5-11)22(19,20)15-3/h4-7,15H,8H2,1-3H3,(H,16,18). The van der Waals surface area contributed by atoms with E-state index in [9.17, 15) is 13.2 Å². The van der Waals surface area contributed by atoms with Crippen molar-refractivity contribution < 1.29 is 17.7 Å². The van der Waals surface area contributed by atoms with Crippen LogP contribution in [0.5, 0.6) is 0 Å². The van der Waals surface area contributed by atoms with Gasteiger partial charge in [-0.05, 0) is 38.6 Å². The highest BCUT2D eigenvalue weighted by atomic mass is 32.2. The Balaban J connectivity index is 2.05. The van der Waals surface area contributed by atoms with E-state index in [1.807, 2.05) is 0 Å². The van der Waals surface area contributed by atoms with Gasteiger partial charge in [-0.2, -0.15) is 0 Å². The Morgan fingerprint density at radius 3 is 2.36 bits per heavy atom. The van der Waals surface area contributed by atoms with Crippen LogP contribution in [0.25, 0.3) is 0 Å². The van der Waals surface area contributed by atoms with Crippen molar-refractivity contribution in [2.75, 3.05) is 7.05 Å². The lowest BCUT2D eigenvalue weighted by Crippen LogP contribution is -2.24. The molecule has 0 aliphatic carbocycles. The summed E-state index contributed by atoms with van der Waals surface area (Å²) in [5.74, 6) is 0.189. The van der Waals surface area contributed by atoms with E-state index in [1.165, 1.54) is 19.2 Å². The van der Waals surface area contributed by atoms with Gasteiger partial charge in [0.25, 0.3) is 5.91 Å². The largest absolute Gasteiger partial charge is 0.361 e. The van der Waals surface area contributed by atoms with Gasteiger partial charge in [0.2, 0.25) is 10.0 Å². The lowest BCUT2D eigenvalue weighted by atomic mass is 10.2. The Morgan fingerprint density at radius 1 is 1.23 bits per heavy atom. The molecule has 22 heavy (non-hydrogen) atoms. The maximum atomic E-state index is 12.1. The minimum atomic E-state index is -3.45. The fourth-order valence-corrected chi connectivity index (χ4v) is 2.71. The molecule has 8 heteroatoms. The zero-order valence-corrected chi connectivity index (χ0v) is 13.3. The molecule has 0 aliphatic rings. The number of nitrogens with one attached hydrogen (secondary N) is 2. The van der Waals surface area contributed by atoms with Crippen LogP contribution in [0.3, 0.4) is 0 Å². The minimum absolute atomic E-state index is 0.177. The molecule has 0 atom stereocenters. The molecule has 0 radical (unpaired) electrons. The fraction of sp³-hybridized carbons (Fsp3) is 0.286. The first-order valence-electron chi connectivity index (χ1n) is 6.58. The van der Waals surface area contributed by atoms with Crippen LogP contribution in [-0.2, 0) is 16.6 Å². The van der Waals surface area contributed by atoms with Gasteiger partial charge >= 0.3 is 0 Å². The van der Waals surface area contributed by atoms with Crippen LogP contribution in [0.2, 0.25) is 0 Å². The first kappa shape index (κ1) is 16.2. The van der Waals surface area contributed by atoms with Crippen LogP contribution in [0, 0.1) is 13.8 Å². The molecule has 1 heterocycles. The van der Waals surface area contributed by atoms with Gasteiger partial charge < -0.3 is 9.84 Å².